The van der Waals surface area contributed by atoms with Gasteiger partial charge in [-0.25, -0.2) is 0 Å². The van der Waals surface area contributed by atoms with Crippen LogP contribution in [0.2, 0.25) is 19.6 Å². The molecule has 4 nitrogen and oxygen atoms in total. The van der Waals surface area contributed by atoms with Gasteiger partial charge in [-0.1, -0.05) is 109 Å². The van der Waals surface area contributed by atoms with Crippen LogP contribution in [0.4, 0.5) is 0 Å². The quantitative estimate of drug-likeness (QED) is 0.0779. The fourth-order valence-electron chi connectivity index (χ4n) is 4.90. The van der Waals surface area contributed by atoms with E-state index in [2.05, 4.69) is 38.8 Å². The first kappa shape index (κ1) is 32.4. The van der Waals surface area contributed by atoms with Crippen molar-refractivity contribution in [2.24, 2.45) is 0 Å². The monoisotopic (exact) mass is 509 g/mol. The van der Waals surface area contributed by atoms with Crippen molar-refractivity contribution in [1.29, 1.82) is 0 Å². The number of unbranched alkanes of at least 4 members (excludes halogenated alkanes) is 14. The van der Waals surface area contributed by atoms with E-state index in [-0.39, 0.29) is 24.7 Å². The Morgan fingerprint density at radius 2 is 1.31 bits per heavy atom. The molecule has 0 aromatic carbocycles. The van der Waals surface area contributed by atoms with Crippen LogP contribution in [0.3, 0.4) is 0 Å². The molecule has 0 spiro atoms. The topological polar surface area (TPSA) is 58.6 Å². The van der Waals surface area contributed by atoms with E-state index in [4.69, 9.17) is 4.43 Å². The van der Waals surface area contributed by atoms with Crippen LogP contribution in [0.25, 0.3) is 0 Å². The molecule has 35 heavy (non-hydrogen) atoms. The number of amides is 1. The second-order valence-electron chi connectivity index (χ2n) is 11.8. The Morgan fingerprint density at radius 3 is 1.80 bits per heavy atom. The van der Waals surface area contributed by atoms with E-state index in [9.17, 15) is 9.90 Å². The van der Waals surface area contributed by atoms with Crippen molar-refractivity contribution >= 4 is 14.2 Å². The largest absolute Gasteiger partial charge is 0.409 e. The number of hydrogen-bond acceptors (Lipinski definition) is 3. The molecule has 0 bridgehead atoms. The Bertz CT molecular complexity index is 585. The smallest absolute Gasteiger partial charge is 0.220 e. The number of aliphatic hydroxyl groups is 1. The molecule has 1 rings (SSSR count). The maximum Gasteiger partial charge on any atom is 0.220 e. The number of rotatable bonds is 24. The van der Waals surface area contributed by atoms with Gasteiger partial charge in [-0.05, 0) is 50.9 Å². The van der Waals surface area contributed by atoms with Gasteiger partial charge in [0.15, 0.2) is 8.32 Å². The molecule has 1 amide bonds. The van der Waals surface area contributed by atoms with E-state index in [0.29, 0.717) is 6.42 Å². The van der Waals surface area contributed by atoms with Crippen LogP contribution >= 0.6 is 0 Å². The minimum Gasteiger partial charge on any atom is -0.409 e. The highest BCUT2D eigenvalue weighted by Gasteiger charge is 2.38. The average molecular weight is 510 g/mol. The lowest BCUT2D eigenvalue weighted by atomic mass is 10.0. The summed E-state index contributed by atoms with van der Waals surface area (Å²) in [6, 6.07) is -0.324. The SMILES string of the molecule is CCCCCCCCCCCCCC1=C([C@@H](O[Si](C)(C)C)[C@H](CO)NC(=O)CCCCCCC)C1. The molecule has 2 atom stereocenters. The maximum absolute atomic E-state index is 12.5. The van der Waals surface area contributed by atoms with Crippen molar-refractivity contribution < 1.29 is 14.3 Å². The third kappa shape index (κ3) is 16.7. The summed E-state index contributed by atoms with van der Waals surface area (Å²) in [4.78, 5) is 12.5. The number of hydrogen-bond donors (Lipinski definition) is 2. The molecule has 0 aromatic heterocycles. The van der Waals surface area contributed by atoms with Gasteiger partial charge in [0.25, 0.3) is 0 Å². The molecule has 0 aliphatic heterocycles. The Hall–Kier alpha value is -0.653. The molecule has 0 heterocycles. The van der Waals surface area contributed by atoms with Gasteiger partial charge >= 0.3 is 0 Å². The Morgan fingerprint density at radius 1 is 0.829 bits per heavy atom. The first-order chi connectivity index (χ1) is 16.8. The zero-order valence-corrected chi connectivity index (χ0v) is 25.1. The number of aliphatic hydroxyl groups excluding tert-OH is 1. The Labute approximate surface area is 219 Å². The fourth-order valence-corrected chi connectivity index (χ4v) is 5.97. The van der Waals surface area contributed by atoms with Crippen molar-refractivity contribution in [2.75, 3.05) is 6.61 Å². The van der Waals surface area contributed by atoms with E-state index in [1.54, 1.807) is 0 Å². The summed E-state index contributed by atoms with van der Waals surface area (Å²) in [5, 5.41) is 13.2. The van der Waals surface area contributed by atoms with Gasteiger partial charge in [-0.2, -0.15) is 0 Å². The van der Waals surface area contributed by atoms with Gasteiger partial charge in [-0.15, -0.1) is 0 Å². The first-order valence-electron chi connectivity index (χ1n) is 15.1. The number of carbonyl (C=O) groups is 1. The van der Waals surface area contributed by atoms with E-state index in [1.807, 2.05) is 0 Å². The summed E-state index contributed by atoms with van der Waals surface area (Å²) in [5.41, 5.74) is 2.86. The Kier molecular flexibility index (Phi) is 18.0. The summed E-state index contributed by atoms with van der Waals surface area (Å²) < 4.78 is 6.52. The molecule has 1 aliphatic rings. The molecule has 0 radical (unpaired) electrons. The third-order valence-corrected chi connectivity index (χ3v) is 8.02. The molecule has 0 unspecified atom stereocenters. The minimum absolute atomic E-state index is 0.0536. The van der Waals surface area contributed by atoms with Crippen molar-refractivity contribution in [3.8, 4) is 0 Å². The third-order valence-electron chi connectivity index (χ3n) is 7.05. The normalized spacial score (nSPS) is 15.4. The van der Waals surface area contributed by atoms with Gasteiger partial charge in [-0.3, -0.25) is 4.79 Å². The predicted octanol–water partition coefficient (Wildman–Crippen LogP) is 8.45. The lowest BCUT2D eigenvalue weighted by molar-refractivity contribution is -0.122. The highest BCUT2D eigenvalue weighted by Crippen LogP contribution is 2.41. The molecule has 2 N–H and O–H groups in total. The lowest BCUT2D eigenvalue weighted by Gasteiger charge is -2.31. The first-order valence-corrected chi connectivity index (χ1v) is 18.5. The lowest BCUT2D eigenvalue weighted by Crippen LogP contribution is -2.50. The average Bonchev–Trinajstić information content (AvgIpc) is 3.58. The van der Waals surface area contributed by atoms with Crippen LogP contribution in [0.15, 0.2) is 11.1 Å². The van der Waals surface area contributed by atoms with Crippen molar-refractivity contribution in [3.63, 3.8) is 0 Å². The van der Waals surface area contributed by atoms with E-state index in [1.165, 1.54) is 101 Å². The molecular weight excluding hydrogens is 450 g/mol. The molecule has 5 heteroatoms. The second-order valence-corrected chi connectivity index (χ2v) is 16.2. The molecule has 0 saturated heterocycles. The van der Waals surface area contributed by atoms with Crippen LogP contribution in [-0.2, 0) is 9.22 Å². The molecular formula is C30H59NO3Si. The number of carbonyl (C=O) groups excluding carboxylic acids is 1. The Balaban J connectivity index is 2.39. The van der Waals surface area contributed by atoms with Gasteiger partial charge < -0.3 is 14.8 Å². The van der Waals surface area contributed by atoms with Crippen molar-refractivity contribution in [2.45, 2.75) is 168 Å². The zero-order chi connectivity index (χ0) is 25.9. The standard InChI is InChI=1S/C30H59NO3Si/c1-6-8-10-12-13-14-15-16-17-19-20-22-26-24-27(26)30(34-35(3,4)5)28(25-32)31-29(33)23-21-18-11-9-7-2/h28,30,32H,6-25H2,1-5H3,(H,31,33)/t28-,30+/m0/s1. The van der Waals surface area contributed by atoms with Crippen molar-refractivity contribution in [3.05, 3.63) is 11.1 Å². The molecule has 0 fully saturated rings. The number of allylic oxidation sites excluding steroid dienone is 1. The van der Waals surface area contributed by atoms with Crippen molar-refractivity contribution in [1.82, 2.24) is 5.32 Å². The molecule has 1 aliphatic carbocycles. The van der Waals surface area contributed by atoms with Gasteiger partial charge in [0.05, 0.1) is 18.8 Å². The van der Waals surface area contributed by atoms with Crippen LogP contribution in [0.1, 0.15) is 136 Å². The van der Waals surface area contributed by atoms with Crippen LogP contribution < -0.4 is 5.32 Å². The summed E-state index contributed by atoms with van der Waals surface area (Å²) in [7, 11) is -1.81. The fraction of sp³-hybridized carbons (Fsp3) is 0.900. The van der Waals surface area contributed by atoms with Gasteiger partial charge in [0.2, 0.25) is 5.91 Å². The molecule has 0 saturated carbocycles. The number of nitrogens with one attached hydrogen (secondary N) is 1. The van der Waals surface area contributed by atoms with Crippen LogP contribution in [0.5, 0.6) is 0 Å². The minimum atomic E-state index is -1.81. The summed E-state index contributed by atoms with van der Waals surface area (Å²) in [6.07, 6.45) is 23.3. The zero-order valence-electron chi connectivity index (χ0n) is 24.1. The van der Waals surface area contributed by atoms with Gasteiger partial charge in [0.1, 0.15) is 0 Å². The van der Waals surface area contributed by atoms with Gasteiger partial charge in [0, 0.05) is 6.42 Å². The highest BCUT2D eigenvalue weighted by atomic mass is 28.4. The summed E-state index contributed by atoms with van der Waals surface area (Å²) in [5.74, 6) is 0.0536. The highest BCUT2D eigenvalue weighted by molar-refractivity contribution is 6.69. The van der Waals surface area contributed by atoms with Crippen LogP contribution in [0, 0.1) is 0 Å². The van der Waals surface area contributed by atoms with Crippen LogP contribution in [-0.4, -0.2) is 38.1 Å². The van der Waals surface area contributed by atoms with E-state index < -0.39 is 8.32 Å². The second kappa shape index (κ2) is 19.5. The van der Waals surface area contributed by atoms with E-state index in [0.717, 1.165) is 25.7 Å². The summed E-state index contributed by atoms with van der Waals surface area (Å²) >= 11 is 0. The predicted molar refractivity (Wildman–Crippen MR) is 153 cm³/mol. The molecule has 206 valence electrons. The maximum atomic E-state index is 12.5. The van der Waals surface area contributed by atoms with E-state index >= 15 is 0 Å². The molecule has 0 aromatic rings. The summed E-state index contributed by atoms with van der Waals surface area (Å²) in [6.45, 7) is 11.0.